The molecule has 2 N–H and O–H groups in total. The summed E-state index contributed by atoms with van der Waals surface area (Å²) in [5.41, 5.74) is 6.18. The molecule has 0 spiro atoms. The van der Waals surface area contributed by atoms with Gasteiger partial charge in [-0.3, -0.25) is 4.79 Å². The maximum Gasteiger partial charge on any atom is 0.224 e. The first kappa shape index (κ1) is 12.2. The van der Waals surface area contributed by atoms with Gasteiger partial charge in [0.05, 0.1) is 17.7 Å². The van der Waals surface area contributed by atoms with Crippen LogP contribution in [-0.2, 0) is 17.8 Å². The Bertz CT molecular complexity index is 621. The van der Waals surface area contributed by atoms with Crippen LogP contribution in [0.3, 0.4) is 0 Å². The van der Waals surface area contributed by atoms with E-state index in [0.29, 0.717) is 6.42 Å². The molecule has 98 valence electrons. The zero-order chi connectivity index (χ0) is 13.2. The van der Waals surface area contributed by atoms with Crippen LogP contribution in [0.5, 0.6) is 0 Å². The number of fused-ring (bicyclic) bond motifs is 1. The van der Waals surface area contributed by atoms with E-state index in [1.54, 1.807) is 11.3 Å². The maximum absolute atomic E-state index is 11.3. The fraction of sp³-hybridized carbons (Fsp3) is 0.286. The SMILES string of the molecule is Cc1ncsc1CNc1ccc2c(c1)CCC(=O)N2. The molecule has 2 aromatic rings. The molecule has 1 aromatic heterocycles. The van der Waals surface area contributed by atoms with Crippen molar-refractivity contribution in [3.8, 4) is 0 Å². The predicted octanol–water partition coefficient (Wildman–Crippen LogP) is 2.95. The summed E-state index contributed by atoms with van der Waals surface area (Å²) in [7, 11) is 0. The minimum Gasteiger partial charge on any atom is -0.380 e. The van der Waals surface area contributed by atoms with Crippen molar-refractivity contribution in [3.05, 3.63) is 39.8 Å². The second-order valence-corrected chi connectivity index (χ2v) is 5.57. The first-order chi connectivity index (χ1) is 9.22. The van der Waals surface area contributed by atoms with Crippen molar-refractivity contribution in [2.24, 2.45) is 0 Å². The normalized spacial score (nSPS) is 13.8. The van der Waals surface area contributed by atoms with Gasteiger partial charge in [-0.05, 0) is 37.1 Å². The van der Waals surface area contributed by atoms with Crippen LogP contribution in [0, 0.1) is 6.92 Å². The lowest BCUT2D eigenvalue weighted by Crippen LogP contribution is -2.18. The van der Waals surface area contributed by atoms with Crippen molar-refractivity contribution in [2.45, 2.75) is 26.3 Å². The van der Waals surface area contributed by atoms with Gasteiger partial charge in [-0.1, -0.05) is 0 Å². The molecule has 3 rings (SSSR count). The lowest BCUT2D eigenvalue weighted by molar-refractivity contribution is -0.116. The van der Waals surface area contributed by atoms with Crippen LogP contribution in [0.4, 0.5) is 11.4 Å². The van der Waals surface area contributed by atoms with E-state index in [4.69, 9.17) is 0 Å². The highest BCUT2D eigenvalue weighted by molar-refractivity contribution is 7.09. The number of aryl methyl sites for hydroxylation is 2. The zero-order valence-corrected chi connectivity index (χ0v) is 11.5. The Morgan fingerprint density at radius 3 is 3.11 bits per heavy atom. The summed E-state index contributed by atoms with van der Waals surface area (Å²) >= 11 is 1.67. The first-order valence-corrected chi connectivity index (χ1v) is 7.16. The average Bonchev–Trinajstić information content (AvgIpc) is 2.82. The summed E-state index contributed by atoms with van der Waals surface area (Å²) in [6.45, 7) is 2.82. The van der Waals surface area contributed by atoms with Gasteiger partial charge in [-0.2, -0.15) is 0 Å². The van der Waals surface area contributed by atoms with Crippen LogP contribution in [0.15, 0.2) is 23.7 Å². The number of anilines is 2. The third kappa shape index (κ3) is 2.61. The molecular weight excluding hydrogens is 258 g/mol. The van der Waals surface area contributed by atoms with Crippen molar-refractivity contribution in [1.29, 1.82) is 0 Å². The molecule has 1 aromatic carbocycles. The summed E-state index contributed by atoms with van der Waals surface area (Å²) in [5.74, 6) is 0.105. The zero-order valence-electron chi connectivity index (χ0n) is 10.7. The number of aromatic nitrogens is 1. The van der Waals surface area contributed by atoms with E-state index in [0.717, 1.165) is 30.0 Å². The number of rotatable bonds is 3. The number of nitrogens with zero attached hydrogens (tertiary/aromatic N) is 1. The number of hydrogen-bond donors (Lipinski definition) is 2. The Morgan fingerprint density at radius 1 is 1.42 bits per heavy atom. The highest BCUT2D eigenvalue weighted by Crippen LogP contribution is 2.26. The van der Waals surface area contributed by atoms with Crippen molar-refractivity contribution < 1.29 is 4.79 Å². The van der Waals surface area contributed by atoms with Crippen LogP contribution < -0.4 is 10.6 Å². The van der Waals surface area contributed by atoms with Gasteiger partial charge in [0.15, 0.2) is 0 Å². The topological polar surface area (TPSA) is 54.0 Å². The van der Waals surface area contributed by atoms with Gasteiger partial charge in [0.1, 0.15) is 0 Å². The lowest BCUT2D eigenvalue weighted by atomic mass is 10.0. The van der Waals surface area contributed by atoms with Gasteiger partial charge in [0.25, 0.3) is 0 Å². The second-order valence-electron chi connectivity index (χ2n) is 4.63. The van der Waals surface area contributed by atoms with Crippen molar-refractivity contribution >= 4 is 28.6 Å². The van der Waals surface area contributed by atoms with Crippen LogP contribution in [0.25, 0.3) is 0 Å². The third-order valence-corrected chi connectivity index (χ3v) is 4.23. The molecule has 1 aliphatic rings. The molecule has 2 heterocycles. The molecule has 1 amide bonds. The van der Waals surface area contributed by atoms with Gasteiger partial charge >= 0.3 is 0 Å². The molecule has 19 heavy (non-hydrogen) atoms. The van der Waals surface area contributed by atoms with Crippen LogP contribution in [-0.4, -0.2) is 10.9 Å². The number of thiazole rings is 1. The minimum absolute atomic E-state index is 0.105. The van der Waals surface area contributed by atoms with E-state index in [2.05, 4.69) is 21.7 Å². The van der Waals surface area contributed by atoms with Crippen molar-refractivity contribution in [1.82, 2.24) is 4.98 Å². The van der Waals surface area contributed by atoms with Gasteiger partial charge in [0.2, 0.25) is 5.91 Å². The number of hydrogen-bond acceptors (Lipinski definition) is 4. The fourth-order valence-corrected chi connectivity index (χ4v) is 2.89. The molecule has 0 bridgehead atoms. The highest BCUT2D eigenvalue weighted by atomic mass is 32.1. The Balaban J connectivity index is 1.72. The van der Waals surface area contributed by atoms with Gasteiger partial charge in [-0.25, -0.2) is 4.98 Å². The number of carbonyl (C=O) groups is 1. The van der Waals surface area contributed by atoms with E-state index in [9.17, 15) is 4.79 Å². The van der Waals surface area contributed by atoms with Crippen LogP contribution >= 0.6 is 11.3 Å². The summed E-state index contributed by atoms with van der Waals surface area (Å²) < 4.78 is 0. The molecule has 4 nitrogen and oxygen atoms in total. The van der Waals surface area contributed by atoms with Crippen LogP contribution in [0.1, 0.15) is 22.6 Å². The Hall–Kier alpha value is -1.88. The van der Waals surface area contributed by atoms with Gasteiger partial charge in [0, 0.05) is 22.7 Å². The summed E-state index contributed by atoms with van der Waals surface area (Å²) in [5, 5.41) is 6.30. The smallest absolute Gasteiger partial charge is 0.224 e. The third-order valence-electron chi connectivity index (χ3n) is 3.30. The van der Waals surface area contributed by atoms with Crippen molar-refractivity contribution in [3.63, 3.8) is 0 Å². The van der Waals surface area contributed by atoms with E-state index < -0.39 is 0 Å². The summed E-state index contributed by atoms with van der Waals surface area (Å²) in [6, 6.07) is 6.08. The molecule has 5 heteroatoms. The molecule has 0 atom stereocenters. The standard InChI is InChI=1S/C14H15N3OS/c1-9-13(19-8-16-9)7-15-11-3-4-12-10(6-11)2-5-14(18)17-12/h3-4,6,8,15H,2,5,7H2,1H3,(H,17,18). The van der Waals surface area contributed by atoms with E-state index in [1.807, 2.05) is 24.6 Å². The Morgan fingerprint density at radius 2 is 2.32 bits per heavy atom. The second kappa shape index (κ2) is 5.01. The largest absolute Gasteiger partial charge is 0.380 e. The average molecular weight is 273 g/mol. The lowest BCUT2D eigenvalue weighted by Gasteiger charge is -2.18. The molecule has 1 aliphatic heterocycles. The Labute approximate surface area is 115 Å². The highest BCUT2D eigenvalue weighted by Gasteiger charge is 2.14. The molecular formula is C14H15N3OS. The molecule has 0 unspecified atom stereocenters. The summed E-state index contributed by atoms with van der Waals surface area (Å²) in [6.07, 6.45) is 1.39. The van der Waals surface area contributed by atoms with Crippen LogP contribution in [0.2, 0.25) is 0 Å². The maximum atomic E-state index is 11.3. The van der Waals surface area contributed by atoms with E-state index in [1.165, 1.54) is 10.4 Å². The number of amides is 1. The molecule has 0 fully saturated rings. The number of nitrogens with one attached hydrogen (secondary N) is 2. The van der Waals surface area contributed by atoms with Gasteiger partial charge in [-0.15, -0.1) is 11.3 Å². The number of benzene rings is 1. The number of carbonyl (C=O) groups excluding carboxylic acids is 1. The first-order valence-electron chi connectivity index (χ1n) is 6.28. The van der Waals surface area contributed by atoms with E-state index in [-0.39, 0.29) is 5.91 Å². The predicted molar refractivity (Wildman–Crippen MR) is 77.6 cm³/mol. The molecule has 0 saturated heterocycles. The molecule has 0 saturated carbocycles. The molecule has 0 aliphatic carbocycles. The molecule has 0 radical (unpaired) electrons. The quantitative estimate of drug-likeness (QED) is 0.904. The summed E-state index contributed by atoms with van der Waals surface area (Å²) in [4.78, 5) is 16.8. The van der Waals surface area contributed by atoms with Gasteiger partial charge < -0.3 is 10.6 Å². The minimum atomic E-state index is 0.105. The fourth-order valence-electron chi connectivity index (χ4n) is 2.17. The Kier molecular flexibility index (Phi) is 3.21. The van der Waals surface area contributed by atoms with E-state index >= 15 is 0 Å². The monoisotopic (exact) mass is 273 g/mol. The van der Waals surface area contributed by atoms with Crippen molar-refractivity contribution in [2.75, 3.05) is 10.6 Å².